The van der Waals surface area contributed by atoms with Crippen LogP contribution in [0.2, 0.25) is 0 Å². The van der Waals surface area contributed by atoms with Crippen LogP contribution in [-0.4, -0.2) is 18.9 Å². The molecule has 0 atom stereocenters. The van der Waals surface area contributed by atoms with Gasteiger partial charge in [-0.25, -0.2) is 8.42 Å². The van der Waals surface area contributed by atoms with Crippen LogP contribution in [0.3, 0.4) is 0 Å². The molecule has 1 aromatic heterocycles. The van der Waals surface area contributed by atoms with Crippen LogP contribution in [0, 0.1) is 5.92 Å². The number of aryl methyl sites for hydroxylation is 2. The molecule has 0 saturated heterocycles. The van der Waals surface area contributed by atoms with E-state index in [0.29, 0.717) is 11.6 Å². The molecule has 0 radical (unpaired) electrons. The number of carbonyl (C=O) groups is 1. The smallest absolute Gasteiger partial charge is 0.282 e. The molecule has 0 bridgehead atoms. The molecule has 0 aliphatic heterocycles. The van der Waals surface area contributed by atoms with Crippen molar-refractivity contribution < 1.29 is 13.2 Å². The number of carbonyl (C=O) groups excluding carboxylic acids is 1. The number of benzene rings is 1. The quantitative estimate of drug-likeness (QED) is 0.666. The zero-order chi connectivity index (χ0) is 18.6. The van der Waals surface area contributed by atoms with Crippen molar-refractivity contribution in [3.63, 3.8) is 0 Å². The lowest BCUT2D eigenvalue weighted by Crippen LogP contribution is -2.42. The average molecular weight is 428 g/mol. The molecular weight excluding hydrogens is 406 g/mol. The summed E-state index contributed by atoms with van der Waals surface area (Å²) in [6, 6.07) is 8.29. The van der Waals surface area contributed by atoms with E-state index in [9.17, 15) is 13.2 Å². The number of nitrogens with zero attached hydrogens (tertiary/aromatic N) is 1. The largest absolute Gasteiger partial charge is 0.345 e. The van der Waals surface area contributed by atoms with Gasteiger partial charge in [0.25, 0.3) is 15.9 Å². The van der Waals surface area contributed by atoms with Crippen molar-refractivity contribution in [3.05, 3.63) is 52.3 Å². The second kappa shape index (κ2) is 8.16. The van der Waals surface area contributed by atoms with E-state index in [1.807, 2.05) is 0 Å². The van der Waals surface area contributed by atoms with Crippen LogP contribution in [0.15, 0.2) is 45.9 Å². The predicted molar refractivity (Wildman–Crippen MR) is 101 cm³/mol. The Balaban J connectivity index is 2.01. The molecular formula is C17H22BrN3O3S. The lowest BCUT2D eigenvalue weighted by atomic mass is 10.0. The summed E-state index contributed by atoms with van der Waals surface area (Å²) in [6.45, 7) is 4.30. The molecule has 25 heavy (non-hydrogen) atoms. The van der Waals surface area contributed by atoms with Gasteiger partial charge in [0.2, 0.25) is 0 Å². The topological polar surface area (TPSA) is 80.2 Å². The van der Waals surface area contributed by atoms with Gasteiger partial charge in [0.15, 0.2) is 0 Å². The maximum absolute atomic E-state index is 12.3. The molecule has 136 valence electrons. The lowest BCUT2D eigenvalue weighted by molar-refractivity contribution is 0.0937. The van der Waals surface area contributed by atoms with E-state index in [0.717, 1.165) is 22.9 Å². The van der Waals surface area contributed by atoms with E-state index in [-0.39, 0.29) is 4.90 Å². The average Bonchev–Trinajstić information content (AvgIpc) is 2.89. The van der Waals surface area contributed by atoms with Gasteiger partial charge in [-0.1, -0.05) is 26.0 Å². The van der Waals surface area contributed by atoms with Crippen LogP contribution in [0.1, 0.15) is 36.3 Å². The Bertz CT molecular complexity index is 843. The second-order valence-corrected chi connectivity index (χ2v) is 8.89. The highest BCUT2D eigenvalue weighted by atomic mass is 79.9. The number of rotatable bonds is 7. The number of hydrazine groups is 1. The van der Waals surface area contributed by atoms with Crippen molar-refractivity contribution in [3.8, 4) is 0 Å². The highest BCUT2D eigenvalue weighted by Crippen LogP contribution is 2.15. The van der Waals surface area contributed by atoms with E-state index >= 15 is 0 Å². The predicted octanol–water partition coefficient (Wildman–Crippen LogP) is 3.00. The summed E-state index contributed by atoms with van der Waals surface area (Å²) in [4.78, 5) is 14.3. The van der Waals surface area contributed by atoms with E-state index in [1.165, 1.54) is 0 Å². The molecule has 0 spiro atoms. The second-order valence-electron chi connectivity index (χ2n) is 6.29. The van der Waals surface area contributed by atoms with Crippen molar-refractivity contribution in [2.45, 2.75) is 31.6 Å². The number of nitrogens with one attached hydrogen (secondary N) is 2. The Morgan fingerprint density at radius 2 is 1.88 bits per heavy atom. The maximum Gasteiger partial charge on any atom is 0.282 e. The summed E-state index contributed by atoms with van der Waals surface area (Å²) < 4.78 is 26.9. The molecule has 2 N–H and O–H groups in total. The molecule has 2 aromatic rings. The molecule has 6 nitrogen and oxygen atoms in total. The monoisotopic (exact) mass is 427 g/mol. The number of hydrogen-bond donors (Lipinski definition) is 2. The molecule has 0 aliphatic rings. The van der Waals surface area contributed by atoms with Gasteiger partial charge in [0.05, 0.1) is 4.90 Å². The number of hydrogen-bond acceptors (Lipinski definition) is 3. The first kappa shape index (κ1) is 19.7. The molecule has 0 fully saturated rings. The number of sulfonamides is 1. The van der Waals surface area contributed by atoms with Crippen LogP contribution in [-0.2, 0) is 23.5 Å². The summed E-state index contributed by atoms with van der Waals surface area (Å²) in [6.07, 6.45) is 3.66. The first-order valence-corrected chi connectivity index (χ1v) is 10.2. The van der Waals surface area contributed by atoms with Crippen LogP contribution in [0.25, 0.3) is 0 Å². The third kappa shape index (κ3) is 5.42. The van der Waals surface area contributed by atoms with Gasteiger partial charge in [-0.3, -0.25) is 10.2 Å². The van der Waals surface area contributed by atoms with E-state index in [2.05, 4.69) is 40.0 Å². The SMILES string of the molecule is CC(C)CCc1ccc(S(=O)(=O)NNC(=O)c2cc(Br)cn2C)cc1. The third-order valence-electron chi connectivity index (χ3n) is 3.75. The Morgan fingerprint density at radius 1 is 1.24 bits per heavy atom. The normalized spacial score (nSPS) is 11.7. The van der Waals surface area contributed by atoms with Gasteiger partial charge < -0.3 is 4.57 Å². The molecule has 0 aliphatic carbocycles. The summed E-state index contributed by atoms with van der Waals surface area (Å²) in [5.74, 6) is 0.0585. The van der Waals surface area contributed by atoms with Gasteiger partial charge in [0, 0.05) is 17.7 Å². The summed E-state index contributed by atoms with van der Waals surface area (Å²) in [5, 5.41) is 0. The van der Waals surface area contributed by atoms with Crippen LogP contribution in [0.4, 0.5) is 0 Å². The number of aromatic nitrogens is 1. The zero-order valence-electron chi connectivity index (χ0n) is 14.4. The molecule has 1 heterocycles. The maximum atomic E-state index is 12.3. The highest BCUT2D eigenvalue weighted by Gasteiger charge is 2.17. The standard InChI is InChI=1S/C17H22BrN3O3S/c1-12(2)4-5-13-6-8-15(9-7-13)25(23,24)20-19-17(22)16-10-14(18)11-21(16)3/h6-12,20H,4-5H2,1-3H3,(H,19,22). The Kier molecular flexibility index (Phi) is 6.42. The minimum absolute atomic E-state index is 0.106. The minimum Gasteiger partial charge on any atom is -0.345 e. The third-order valence-corrected chi connectivity index (χ3v) is 5.44. The van der Waals surface area contributed by atoms with Crippen molar-refractivity contribution in [2.24, 2.45) is 13.0 Å². The first-order chi connectivity index (χ1) is 11.7. The fourth-order valence-electron chi connectivity index (χ4n) is 2.28. The highest BCUT2D eigenvalue weighted by molar-refractivity contribution is 9.10. The molecule has 1 amide bonds. The molecule has 0 unspecified atom stereocenters. The van der Waals surface area contributed by atoms with E-state index in [4.69, 9.17) is 0 Å². The summed E-state index contributed by atoms with van der Waals surface area (Å²) in [7, 11) is -2.12. The van der Waals surface area contributed by atoms with Crippen molar-refractivity contribution in [1.82, 2.24) is 14.8 Å². The lowest BCUT2D eigenvalue weighted by Gasteiger charge is -2.10. The van der Waals surface area contributed by atoms with Gasteiger partial charge in [0.1, 0.15) is 5.69 Å². The van der Waals surface area contributed by atoms with Gasteiger partial charge in [-0.2, -0.15) is 0 Å². The van der Waals surface area contributed by atoms with E-state index < -0.39 is 15.9 Å². The zero-order valence-corrected chi connectivity index (χ0v) is 16.8. The summed E-state index contributed by atoms with van der Waals surface area (Å²) in [5.41, 5.74) is 3.65. The van der Waals surface area contributed by atoms with Crippen molar-refractivity contribution in [1.29, 1.82) is 0 Å². The van der Waals surface area contributed by atoms with E-state index in [1.54, 1.807) is 48.1 Å². The molecule has 2 rings (SSSR count). The molecule has 0 saturated carbocycles. The molecule has 8 heteroatoms. The van der Waals surface area contributed by atoms with Gasteiger partial charge >= 0.3 is 0 Å². The summed E-state index contributed by atoms with van der Waals surface area (Å²) >= 11 is 3.27. The van der Waals surface area contributed by atoms with Crippen LogP contribution < -0.4 is 10.3 Å². The van der Waals surface area contributed by atoms with Crippen molar-refractivity contribution in [2.75, 3.05) is 0 Å². The van der Waals surface area contributed by atoms with Crippen LogP contribution >= 0.6 is 15.9 Å². The number of amides is 1. The Morgan fingerprint density at radius 3 is 2.40 bits per heavy atom. The first-order valence-electron chi connectivity index (χ1n) is 7.92. The fraction of sp³-hybridized carbons (Fsp3) is 0.353. The van der Waals surface area contributed by atoms with Crippen LogP contribution in [0.5, 0.6) is 0 Å². The Labute approximate surface area is 156 Å². The van der Waals surface area contributed by atoms with Crippen molar-refractivity contribution >= 4 is 31.9 Å². The van der Waals surface area contributed by atoms with Gasteiger partial charge in [-0.05, 0) is 58.5 Å². The fourth-order valence-corrected chi connectivity index (χ4v) is 3.64. The Hall–Kier alpha value is -1.64. The minimum atomic E-state index is -3.82. The van der Waals surface area contributed by atoms with Gasteiger partial charge in [-0.15, -0.1) is 4.83 Å². The molecule has 1 aromatic carbocycles. The number of halogens is 1.